The van der Waals surface area contributed by atoms with Gasteiger partial charge in [0, 0.05) is 31.6 Å². The number of azo groups is 1. The molecule has 17 heteroatoms. The number of amides is 1. The molecule has 5 N–H and O–H groups in total. The maximum Gasteiger partial charge on any atom is 0.325 e. The summed E-state index contributed by atoms with van der Waals surface area (Å²) in [6.45, 7) is 6.16. The van der Waals surface area contributed by atoms with E-state index >= 15 is 0 Å². The minimum absolute atomic E-state index is 0.0371. The number of unbranched alkanes of at least 4 members (excludes halogenated alkanes) is 4. The largest absolute Gasteiger partial charge is 0.466 e. The summed E-state index contributed by atoms with van der Waals surface area (Å²) < 4.78 is 31.7. The number of Topliss-reactive ketones (excluding diaryl/α,β-unsaturated/α-hetero) is 1. The molecular weight excluding hydrogens is 596 g/mol. The summed E-state index contributed by atoms with van der Waals surface area (Å²) in [5.41, 5.74) is -2.53. The van der Waals surface area contributed by atoms with Crippen molar-refractivity contribution in [3.8, 4) is 0 Å². The fourth-order valence-corrected chi connectivity index (χ4v) is 4.56. The Morgan fingerprint density at radius 3 is 1.57 bits per heavy atom. The number of hydrogen-bond acceptors (Lipinski definition) is 10. The van der Waals surface area contributed by atoms with Crippen molar-refractivity contribution in [1.82, 2.24) is 5.32 Å². The first kappa shape index (κ1) is 40.0. The molecule has 0 heterocycles. The average molecular weight is 644 g/mol. The van der Waals surface area contributed by atoms with Crippen LogP contribution >= 0.6 is 15.2 Å². The SMILES string of the molecule is CC(C)(N=NC(C)(C)C(=O)NCCOC(=O)CCCCCP(=O)(O)O)C(=O)CCCOC(=O)CCCCCP(=O)(O)O. The molecule has 0 unspecified atom stereocenters. The summed E-state index contributed by atoms with van der Waals surface area (Å²) in [5, 5.41) is 10.7. The quantitative estimate of drug-likeness (QED) is 0.0467. The van der Waals surface area contributed by atoms with Gasteiger partial charge in [0.25, 0.3) is 0 Å². The van der Waals surface area contributed by atoms with Crippen LogP contribution in [-0.4, -0.2) is 86.4 Å². The van der Waals surface area contributed by atoms with Gasteiger partial charge < -0.3 is 34.4 Å². The number of ketones is 1. The summed E-state index contributed by atoms with van der Waals surface area (Å²) in [4.78, 5) is 83.8. The van der Waals surface area contributed by atoms with Gasteiger partial charge in [0.2, 0.25) is 5.91 Å². The summed E-state index contributed by atoms with van der Waals surface area (Å²) in [6.07, 6.45) is 2.62. The Balaban J connectivity index is 4.28. The fraction of sp³-hybridized carbons (Fsp3) is 0.840. The molecule has 0 spiro atoms. The lowest BCUT2D eigenvalue weighted by molar-refractivity contribution is -0.145. The maximum atomic E-state index is 12.6. The van der Waals surface area contributed by atoms with E-state index in [1.807, 2.05) is 0 Å². The van der Waals surface area contributed by atoms with Crippen LogP contribution in [0.3, 0.4) is 0 Å². The predicted octanol–water partition coefficient (Wildman–Crippen LogP) is 3.02. The van der Waals surface area contributed by atoms with E-state index in [9.17, 15) is 28.3 Å². The van der Waals surface area contributed by atoms with E-state index in [2.05, 4.69) is 15.5 Å². The van der Waals surface area contributed by atoms with Gasteiger partial charge in [-0.25, -0.2) is 0 Å². The van der Waals surface area contributed by atoms with Crippen LogP contribution in [0.15, 0.2) is 10.2 Å². The van der Waals surface area contributed by atoms with Crippen LogP contribution in [0.5, 0.6) is 0 Å². The fourth-order valence-electron chi connectivity index (χ4n) is 3.29. The molecule has 0 saturated carbocycles. The van der Waals surface area contributed by atoms with Gasteiger partial charge in [0.05, 0.1) is 13.2 Å². The van der Waals surface area contributed by atoms with E-state index in [-0.39, 0.29) is 63.5 Å². The van der Waals surface area contributed by atoms with Crippen LogP contribution in [0.4, 0.5) is 0 Å². The molecule has 0 aliphatic heterocycles. The topological polar surface area (TPSA) is 239 Å². The molecule has 0 aromatic rings. The first-order valence-electron chi connectivity index (χ1n) is 13.9. The summed E-state index contributed by atoms with van der Waals surface area (Å²) in [6, 6.07) is 0. The van der Waals surface area contributed by atoms with Gasteiger partial charge in [-0.3, -0.25) is 28.3 Å². The molecule has 0 aromatic heterocycles. The van der Waals surface area contributed by atoms with Crippen molar-refractivity contribution in [1.29, 1.82) is 0 Å². The number of ether oxygens (including phenoxy) is 2. The Morgan fingerprint density at radius 1 is 0.643 bits per heavy atom. The van der Waals surface area contributed by atoms with Crippen LogP contribution in [0, 0.1) is 0 Å². The van der Waals surface area contributed by atoms with Crippen molar-refractivity contribution in [2.24, 2.45) is 10.2 Å². The number of nitrogens with zero attached hydrogens (tertiary/aromatic N) is 2. The Morgan fingerprint density at radius 2 is 1.10 bits per heavy atom. The lowest BCUT2D eigenvalue weighted by atomic mass is 9.97. The number of carbonyl (C=O) groups excluding carboxylic acids is 4. The highest BCUT2D eigenvalue weighted by Crippen LogP contribution is 2.36. The molecule has 0 atom stereocenters. The molecule has 0 bridgehead atoms. The Labute approximate surface area is 246 Å². The van der Waals surface area contributed by atoms with Crippen molar-refractivity contribution < 1.29 is 57.4 Å². The van der Waals surface area contributed by atoms with E-state index in [1.54, 1.807) is 13.8 Å². The second-order valence-electron chi connectivity index (χ2n) is 10.9. The molecular formula is C25H47N3O12P2. The molecule has 0 aliphatic rings. The van der Waals surface area contributed by atoms with Gasteiger partial charge >= 0.3 is 27.1 Å². The molecule has 15 nitrogen and oxygen atoms in total. The van der Waals surface area contributed by atoms with Gasteiger partial charge in [-0.15, -0.1) is 0 Å². The zero-order chi connectivity index (χ0) is 32.5. The number of hydrogen-bond donors (Lipinski definition) is 5. The van der Waals surface area contributed by atoms with E-state index in [1.165, 1.54) is 13.8 Å². The standard InChI is InChI=1S/C25H47N3O12P2/c1-24(2,20(29)12-11-16-39-21(30)13-7-5-9-18-41(33,34)35)27-28-25(3,4)23(32)26-15-17-40-22(31)14-8-6-10-19-42(36,37)38/h5-19H2,1-4H3,(H,26,32)(H2,33,34,35)(H2,36,37,38). The molecule has 0 aromatic carbocycles. The van der Waals surface area contributed by atoms with Gasteiger partial charge in [-0.2, -0.15) is 10.2 Å². The van der Waals surface area contributed by atoms with Gasteiger partial charge in [-0.05, 0) is 59.8 Å². The third-order valence-corrected chi connectivity index (χ3v) is 7.71. The van der Waals surface area contributed by atoms with Crippen LogP contribution < -0.4 is 5.32 Å². The lowest BCUT2D eigenvalue weighted by Gasteiger charge is -2.22. The number of carbonyl (C=O) groups is 4. The second-order valence-corrected chi connectivity index (χ2v) is 14.5. The van der Waals surface area contributed by atoms with E-state index in [0.29, 0.717) is 38.5 Å². The Kier molecular flexibility index (Phi) is 18.4. The predicted molar refractivity (Wildman–Crippen MR) is 153 cm³/mol. The highest BCUT2D eigenvalue weighted by Gasteiger charge is 2.31. The Bertz CT molecular complexity index is 927. The molecule has 0 aliphatic carbocycles. The smallest absolute Gasteiger partial charge is 0.325 e. The van der Waals surface area contributed by atoms with Crippen LogP contribution in [0.2, 0.25) is 0 Å². The van der Waals surface area contributed by atoms with Crippen molar-refractivity contribution in [3.63, 3.8) is 0 Å². The van der Waals surface area contributed by atoms with E-state index in [4.69, 9.17) is 29.0 Å². The van der Waals surface area contributed by atoms with Crippen molar-refractivity contribution in [2.75, 3.05) is 32.1 Å². The van der Waals surface area contributed by atoms with E-state index < -0.39 is 44.1 Å². The minimum atomic E-state index is -4.03. The highest BCUT2D eigenvalue weighted by molar-refractivity contribution is 7.52. The molecule has 1 amide bonds. The lowest BCUT2D eigenvalue weighted by Crippen LogP contribution is -2.42. The van der Waals surface area contributed by atoms with Gasteiger partial charge in [0.1, 0.15) is 12.1 Å². The number of rotatable bonds is 23. The minimum Gasteiger partial charge on any atom is -0.466 e. The second kappa shape index (κ2) is 19.3. The van der Waals surface area contributed by atoms with Crippen LogP contribution in [0.25, 0.3) is 0 Å². The van der Waals surface area contributed by atoms with E-state index in [0.717, 1.165) is 0 Å². The summed E-state index contributed by atoms with van der Waals surface area (Å²) in [7, 11) is -8.05. The van der Waals surface area contributed by atoms with Crippen LogP contribution in [0.1, 0.15) is 91.9 Å². The average Bonchev–Trinajstić information content (AvgIpc) is 2.86. The molecule has 0 radical (unpaired) electrons. The molecule has 244 valence electrons. The zero-order valence-corrected chi connectivity index (χ0v) is 26.7. The van der Waals surface area contributed by atoms with Crippen molar-refractivity contribution >= 4 is 38.8 Å². The van der Waals surface area contributed by atoms with Gasteiger partial charge in [-0.1, -0.05) is 12.8 Å². The molecule has 0 rings (SSSR count). The van der Waals surface area contributed by atoms with Gasteiger partial charge in [0.15, 0.2) is 11.3 Å². The van der Waals surface area contributed by atoms with Crippen molar-refractivity contribution in [2.45, 2.75) is 103 Å². The van der Waals surface area contributed by atoms with Crippen LogP contribution in [-0.2, 0) is 37.8 Å². The normalized spacial score (nSPS) is 12.8. The Hall–Kier alpha value is -2.02. The zero-order valence-electron chi connectivity index (χ0n) is 25.0. The monoisotopic (exact) mass is 643 g/mol. The third kappa shape index (κ3) is 21.6. The third-order valence-electron chi connectivity index (χ3n) is 5.91. The summed E-state index contributed by atoms with van der Waals surface area (Å²) >= 11 is 0. The highest BCUT2D eigenvalue weighted by atomic mass is 31.2. The molecule has 0 fully saturated rings. The number of nitrogens with one attached hydrogen (secondary N) is 1. The molecule has 0 saturated heterocycles. The van der Waals surface area contributed by atoms with Crippen molar-refractivity contribution in [3.05, 3.63) is 0 Å². The first-order valence-corrected chi connectivity index (χ1v) is 17.5. The molecule has 42 heavy (non-hydrogen) atoms. The number of esters is 2. The first-order chi connectivity index (χ1) is 19.3. The summed E-state index contributed by atoms with van der Waals surface area (Å²) in [5.74, 6) is -1.68. The maximum absolute atomic E-state index is 12.6.